The number of hydrogen-bond acceptors (Lipinski definition) is 9. The van der Waals surface area contributed by atoms with Gasteiger partial charge in [0.05, 0.1) is 23.4 Å². The number of ether oxygens (including phenoxy) is 1. The highest BCUT2D eigenvalue weighted by Gasteiger charge is 2.28. The van der Waals surface area contributed by atoms with E-state index in [1.54, 1.807) is 26.0 Å². The monoisotopic (exact) mass is 483 g/mol. The molecule has 1 aliphatic heterocycles. The van der Waals surface area contributed by atoms with Gasteiger partial charge >= 0.3 is 0 Å². The normalized spacial score (nSPS) is 18.5. The highest BCUT2D eigenvalue weighted by atomic mass is 32.2. The van der Waals surface area contributed by atoms with E-state index < -0.39 is 15.3 Å². The minimum atomic E-state index is -3.65. The van der Waals surface area contributed by atoms with Crippen molar-refractivity contribution in [1.82, 2.24) is 14.5 Å². The molecular weight excluding hydrogens is 458 g/mol. The van der Waals surface area contributed by atoms with Gasteiger partial charge in [-0.1, -0.05) is 29.2 Å². The Labute approximate surface area is 190 Å². The average molecular weight is 484 g/mol. The van der Waals surface area contributed by atoms with Crippen LogP contribution in [0.3, 0.4) is 0 Å². The van der Waals surface area contributed by atoms with Crippen LogP contribution < -0.4 is 10.6 Å². The number of carbonyl (C=O) groups excluding carboxylic acids is 1. The van der Waals surface area contributed by atoms with Crippen molar-refractivity contribution in [2.24, 2.45) is 0 Å². The van der Waals surface area contributed by atoms with Gasteiger partial charge in [-0.25, -0.2) is 8.42 Å². The first-order valence-corrected chi connectivity index (χ1v) is 13.2. The average Bonchev–Trinajstić information content (AvgIpc) is 3.47. The topological polar surface area (TPSA) is 114 Å². The Morgan fingerprint density at radius 1 is 1.29 bits per heavy atom. The Balaban J connectivity index is 1.41. The van der Waals surface area contributed by atoms with E-state index >= 15 is 0 Å². The molecule has 2 N–H and O–H groups in total. The maximum absolute atomic E-state index is 13.0. The quantitative estimate of drug-likeness (QED) is 0.551. The van der Waals surface area contributed by atoms with Gasteiger partial charge in [-0.05, 0) is 44.4 Å². The molecule has 1 saturated heterocycles. The number of nitrogens with zero attached hydrogens (tertiary/aromatic N) is 3. The minimum absolute atomic E-state index is 0.201. The summed E-state index contributed by atoms with van der Waals surface area (Å²) in [5, 5.41) is 14.7. The Hall–Kier alpha value is -1.73. The van der Waals surface area contributed by atoms with E-state index in [1.807, 2.05) is 0 Å². The van der Waals surface area contributed by atoms with E-state index in [9.17, 15) is 13.2 Å². The van der Waals surface area contributed by atoms with Gasteiger partial charge in [-0.3, -0.25) is 4.79 Å². The summed E-state index contributed by atoms with van der Waals surface area (Å²) in [6.07, 6.45) is 2.31. The van der Waals surface area contributed by atoms with Gasteiger partial charge in [0, 0.05) is 24.8 Å². The first-order chi connectivity index (χ1) is 14.8. The molecule has 9 nitrogen and oxygen atoms in total. The molecule has 1 aromatic carbocycles. The molecule has 1 atom stereocenters. The fourth-order valence-electron chi connectivity index (χ4n) is 3.05. The van der Waals surface area contributed by atoms with Crippen molar-refractivity contribution in [1.29, 1.82) is 0 Å². The summed E-state index contributed by atoms with van der Waals surface area (Å²) in [5.74, 6) is -0.226. The van der Waals surface area contributed by atoms with Crippen LogP contribution in [0.25, 0.3) is 0 Å². The molecule has 0 radical (unpaired) electrons. The van der Waals surface area contributed by atoms with Gasteiger partial charge in [0.25, 0.3) is 0 Å². The minimum Gasteiger partial charge on any atom is -0.379 e. The number of aromatic nitrogens is 2. The van der Waals surface area contributed by atoms with Crippen LogP contribution in [0.5, 0.6) is 0 Å². The fourth-order valence-corrected chi connectivity index (χ4v) is 6.68. The van der Waals surface area contributed by atoms with Crippen molar-refractivity contribution < 1.29 is 17.9 Å². The maximum atomic E-state index is 13.0. The Kier molecular flexibility index (Phi) is 6.82. The lowest BCUT2D eigenvalue weighted by Gasteiger charge is -2.27. The summed E-state index contributed by atoms with van der Waals surface area (Å²) in [5.41, 5.74) is 1.08. The number of aryl methyl sites for hydroxylation is 1. The van der Waals surface area contributed by atoms with Gasteiger partial charge in [0.1, 0.15) is 0 Å². The number of nitrogens with one attached hydrogen (secondary N) is 2. The van der Waals surface area contributed by atoms with Crippen LogP contribution in [-0.2, 0) is 19.6 Å². The second kappa shape index (κ2) is 9.41. The number of thioether (sulfide) groups is 1. The Morgan fingerprint density at radius 3 is 2.74 bits per heavy atom. The van der Waals surface area contributed by atoms with E-state index in [1.165, 1.54) is 33.5 Å². The zero-order valence-corrected chi connectivity index (χ0v) is 19.8. The van der Waals surface area contributed by atoms with Gasteiger partial charge < -0.3 is 15.4 Å². The molecule has 2 fully saturated rings. The van der Waals surface area contributed by atoms with Crippen molar-refractivity contribution in [3.8, 4) is 0 Å². The van der Waals surface area contributed by atoms with Crippen molar-refractivity contribution in [2.45, 2.75) is 47.2 Å². The van der Waals surface area contributed by atoms with Crippen LogP contribution >= 0.6 is 23.1 Å². The second-order valence-corrected chi connectivity index (χ2v) is 12.0. The number of hydrogen-bond donors (Lipinski definition) is 2. The van der Waals surface area contributed by atoms with Crippen molar-refractivity contribution in [3.63, 3.8) is 0 Å². The number of carbonyl (C=O) groups is 1. The van der Waals surface area contributed by atoms with E-state index in [0.717, 1.165) is 18.0 Å². The first kappa shape index (κ1) is 22.5. The zero-order chi connectivity index (χ0) is 22.0. The van der Waals surface area contributed by atoms with Crippen LogP contribution in [0.1, 0.15) is 25.3 Å². The predicted molar refractivity (Wildman–Crippen MR) is 121 cm³/mol. The molecule has 2 aromatic rings. The lowest BCUT2D eigenvalue weighted by molar-refractivity contribution is -0.115. The third-order valence-corrected chi connectivity index (χ3v) is 9.08. The highest BCUT2D eigenvalue weighted by molar-refractivity contribution is 8.02. The lowest BCUT2D eigenvalue weighted by Crippen LogP contribution is -2.40. The van der Waals surface area contributed by atoms with E-state index in [0.29, 0.717) is 47.9 Å². The second-order valence-electron chi connectivity index (χ2n) is 7.54. The van der Waals surface area contributed by atoms with Crippen LogP contribution in [0.15, 0.2) is 27.4 Å². The number of morpholine rings is 1. The van der Waals surface area contributed by atoms with Crippen molar-refractivity contribution >= 4 is 49.8 Å². The predicted octanol–water partition coefficient (Wildman–Crippen LogP) is 2.56. The number of rotatable bonds is 8. The van der Waals surface area contributed by atoms with Gasteiger partial charge in [-0.2, -0.15) is 4.31 Å². The highest BCUT2D eigenvalue weighted by Crippen LogP contribution is 2.32. The summed E-state index contributed by atoms with van der Waals surface area (Å²) in [7, 11) is -3.65. The van der Waals surface area contributed by atoms with Crippen LogP contribution in [0.2, 0.25) is 0 Å². The Bertz CT molecular complexity index is 1050. The van der Waals surface area contributed by atoms with Crippen LogP contribution in [-0.4, -0.2) is 66.4 Å². The third kappa shape index (κ3) is 5.55. The van der Waals surface area contributed by atoms with Gasteiger partial charge in [0.15, 0.2) is 4.34 Å². The summed E-state index contributed by atoms with van der Waals surface area (Å²) in [4.78, 5) is 12.9. The molecule has 2 heterocycles. The smallest absolute Gasteiger partial charge is 0.243 e. The maximum Gasteiger partial charge on any atom is 0.243 e. The number of benzene rings is 1. The summed E-state index contributed by atoms with van der Waals surface area (Å²) >= 11 is 2.76. The zero-order valence-electron chi connectivity index (χ0n) is 17.3. The summed E-state index contributed by atoms with van der Waals surface area (Å²) < 4.78 is 33.5. The SMILES string of the molecule is Cc1ccc(NC(=O)[C@@H](C)Sc2nnc(NC3CC3)s2)cc1S(=O)(=O)N1CCOCC1. The molecule has 168 valence electrons. The molecule has 2 aliphatic rings. The molecule has 12 heteroatoms. The molecule has 0 spiro atoms. The van der Waals surface area contributed by atoms with Gasteiger partial charge in [-0.15, -0.1) is 10.2 Å². The van der Waals surface area contributed by atoms with Gasteiger partial charge in [0.2, 0.25) is 21.1 Å². The van der Waals surface area contributed by atoms with Crippen LogP contribution in [0, 0.1) is 6.92 Å². The van der Waals surface area contributed by atoms with E-state index in [2.05, 4.69) is 20.8 Å². The van der Waals surface area contributed by atoms with E-state index in [-0.39, 0.29) is 10.8 Å². The summed E-state index contributed by atoms with van der Waals surface area (Å²) in [6, 6.07) is 5.45. The molecule has 1 amide bonds. The lowest BCUT2D eigenvalue weighted by atomic mass is 10.2. The van der Waals surface area contributed by atoms with E-state index in [4.69, 9.17) is 4.74 Å². The first-order valence-electron chi connectivity index (χ1n) is 10.1. The van der Waals surface area contributed by atoms with Crippen molar-refractivity contribution in [3.05, 3.63) is 23.8 Å². The fraction of sp³-hybridized carbons (Fsp3) is 0.526. The largest absolute Gasteiger partial charge is 0.379 e. The molecular formula is C19H25N5O4S3. The van der Waals surface area contributed by atoms with Crippen molar-refractivity contribution in [2.75, 3.05) is 36.9 Å². The molecule has 1 saturated carbocycles. The molecule has 1 aromatic heterocycles. The number of sulfonamides is 1. The number of anilines is 2. The Morgan fingerprint density at radius 2 is 2.03 bits per heavy atom. The third-order valence-electron chi connectivity index (χ3n) is 5.00. The van der Waals surface area contributed by atoms with Crippen LogP contribution in [0.4, 0.5) is 10.8 Å². The molecule has 31 heavy (non-hydrogen) atoms. The molecule has 0 unspecified atom stereocenters. The standard InChI is InChI=1S/C19H25N5O4S3/c1-12-3-4-15(11-16(12)31(26,27)24-7-9-28-10-8-24)20-17(25)13(2)29-19-23-22-18(30-19)21-14-5-6-14/h3-4,11,13-14H,5-10H2,1-2H3,(H,20,25)(H,21,22)/t13-/m1/s1. The molecule has 4 rings (SSSR count). The summed E-state index contributed by atoms with van der Waals surface area (Å²) in [6.45, 7) is 4.95. The molecule has 0 bridgehead atoms. The number of amides is 1. The molecule has 1 aliphatic carbocycles.